The summed E-state index contributed by atoms with van der Waals surface area (Å²) >= 11 is 0. The zero-order chi connectivity index (χ0) is 30.9. The minimum Gasteiger partial charge on any atom is -0.508 e. The van der Waals surface area contributed by atoms with Crippen molar-refractivity contribution in [3.63, 3.8) is 0 Å². The molecular formula is C30H42N4O7. The number of rotatable bonds is 6. The van der Waals surface area contributed by atoms with Crippen LogP contribution < -0.4 is 10.6 Å². The van der Waals surface area contributed by atoms with Crippen molar-refractivity contribution in [1.29, 1.82) is 0 Å². The van der Waals surface area contributed by atoms with E-state index in [2.05, 4.69) is 25.7 Å². The van der Waals surface area contributed by atoms with Gasteiger partial charge in [0.1, 0.15) is 22.8 Å². The number of ketones is 2. The lowest BCUT2D eigenvalue weighted by Crippen LogP contribution is -2.65. The van der Waals surface area contributed by atoms with Gasteiger partial charge in [-0.2, -0.15) is 0 Å². The fourth-order valence-electron chi connectivity index (χ4n) is 7.20. The van der Waals surface area contributed by atoms with Gasteiger partial charge in [-0.25, -0.2) is 0 Å². The number of Topliss-reactive ketones (excluding diaryl/α,β-unsaturated/α-hetero) is 2. The molecule has 1 fully saturated rings. The molecule has 1 aromatic carbocycles. The zero-order valence-electron chi connectivity index (χ0n) is 25.1. The molecule has 4 rings (SSSR count). The highest BCUT2D eigenvalue weighted by Gasteiger charge is 2.64. The van der Waals surface area contributed by atoms with Crippen LogP contribution in [0.1, 0.15) is 43.9 Å². The number of phenolic OH excluding ortho intramolecular Hbond substituents is 1. The van der Waals surface area contributed by atoms with E-state index in [1.54, 1.807) is 20.2 Å². The van der Waals surface area contributed by atoms with Gasteiger partial charge in [0.05, 0.1) is 11.6 Å². The number of carbonyl (C=O) groups is 3. The SMILES string of the molecule is CN(Cc1cc(O)c2c(c1N(C)C)C[C@H]1C[C@H]3[C@H](N(C)C)C(=O)C(C(N)=O)=C(O)[C@@]3(O)C(=O)C1=C2O)CC(C)(C)C. The van der Waals surface area contributed by atoms with E-state index in [4.69, 9.17) is 5.73 Å². The Morgan fingerprint density at radius 2 is 1.71 bits per heavy atom. The number of amides is 1. The molecule has 224 valence electrons. The van der Waals surface area contributed by atoms with Crippen molar-refractivity contribution in [3.05, 3.63) is 39.7 Å². The first-order valence-corrected chi connectivity index (χ1v) is 13.7. The van der Waals surface area contributed by atoms with E-state index in [-0.39, 0.29) is 35.1 Å². The molecule has 3 aliphatic carbocycles. The Balaban J connectivity index is 1.92. The summed E-state index contributed by atoms with van der Waals surface area (Å²) in [5.74, 6) is -6.58. The van der Waals surface area contributed by atoms with E-state index in [1.165, 1.54) is 4.90 Å². The minimum absolute atomic E-state index is 0.0488. The third-order valence-corrected chi connectivity index (χ3v) is 8.40. The predicted octanol–water partition coefficient (Wildman–Crippen LogP) is 1.51. The minimum atomic E-state index is -2.65. The molecule has 6 N–H and O–H groups in total. The molecule has 11 heteroatoms. The lowest BCUT2D eigenvalue weighted by molar-refractivity contribution is -0.153. The summed E-state index contributed by atoms with van der Waals surface area (Å²) in [7, 11) is 8.90. The summed E-state index contributed by atoms with van der Waals surface area (Å²) < 4.78 is 0. The quantitative estimate of drug-likeness (QED) is 0.316. The Kier molecular flexibility index (Phi) is 7.56. The van der Waals surface area contributed by atoms with Crippen LogP contribution in [0.2, 0.25) is 0 Å². The van der Waals surface area contributed by atoms with Gasteiger partial charge >= 0.3 is 0 Å². The summed E-state index contributed by atoms with van der Waals surface area (Å²) in [4.78, 5) is 45.0. The molecule has 11 nitrogen and oxygen atoms in total. The molecule has 0 unspecified atom stereocenters. The van der Waals surface area contributed by atoms with Crippen LogP contribution >= 0.6 is 0 Å². The van der Waals surface area contributed by atoms with E-state index in [1.807, 2.05) is 26.0 Å². The Bertz CT molecular complexity index is 1390. The zero-order valence-corrected chi connectivity index (χ0v) is 25.1. The highest BCUT2D eigenvalue weighted by molar-refractivity contribution is 6.24. The van der Waals surface area contributed by atoms with Crippen molar-refractivity contribution in [2.45, 2.75) is 51.8 Å². The fourth-order valence-corrected chi connectivity index (χ4v) is 7.20. The standard InChI is InChI=1S/C30H42N4O7/c1-29(2,3)13-34(8)12-15-11-18(35)20-16(22(15)32(4)5)9-14-10-17-23(33(6)7)25(37)21(28(31)40)27(39)30(17,41)26(38)19(14)24(20)36/h11,14,17,23,35-36,39,41H,9-10,12-13H2,1-8H3,(H2,31,40)/t14-,17-,23-,30-/m0/s1. The summed E-state index contributed by atoms with van der Waals surface area (Å²) in [6.45, 7) is 7.75. The molecule has 4 atom stereocenters. The maximum absolute atomic E-state index is 14.0. The largest absolute Gasteiger partial charge is 0.508 e. The van der Waals surface area contributed by atoms with Crippen LogP contribution in [0.3, 0.4) is 0 Å². The van der Waals surface area contributed by atoms with Crippen molar-refractivity contribution in [2.24, 2.45) is 23.0 Å². The number of primary amides is 1. The van der Waals surface area contributed by atoms with Crippen molar-refractivity contribution < 1.29 is 34.8 Å². The van der Waals surface area contributed by atoms with Gasteiger partial charge in [0.15, 0.2) is 11.4 Å². The second-order valence-corrected chi connectivity index (χ2v) is 13.3. The molecule has 1 aromatic rings. The van der Waals surface area contributed by atoms with Gasteiger partial charge in [0.2, 0.25) is 5.78 Å². The third kappa shape index (κ3) is 4.79. The van der Waals surface area contributed by atoms with Gasteiger partial charge in [0.25, 0.3) is 5.91 Å². The number of phenols is 1. The number of likely N-dealkylation sites (N-methyl/N-ethyl adjacent to an activating group) is 1. The highest BCUT2D eigenvalue weighted by atomic mass is 16.3. The summed E-state index contributed by atoms with van der Waals surface area (Å²) in [5, 5.41) is 45.5. The smallest absolute Gasteiger partial charge is 0.255 e. The van der Waals surface area contributed by atoms with Gasteiger partial charge in [-0.05, 0) is 62.5 Å². The Morgan fingerprint density at radius 1 is 1.10 bits per heavy atom. The van der Waals surface area contributed by atoms with Crippen LogP contribution in [0.4, 0.5) is 5.69 Å². The highest BCUT2D eigenvalue weighted by Crippen LogP contribution is 2.54. The molecule has 0 aliphatic heterocycles. The second-order valence-electron chi connectivity index (χ2n) is 13.3. The topological polar surface area (TPSA) is 168 Å². The van der Waals surface area contributed by atoms with Gasteiger partial charge in [-0.1, -0.05) is 20.8 Å². The second kappa shape index (κ2) is 10.1. The molecule has 0 bridgehead atoms. The lowest BCUT2D eigenvalue weighted by atomic mass is 9.57. The Labute approximate surface area is 240 Å². The molecule has 0 saturated heterocycles. The molecule has 3 aliphatic rings. The van der Waals surface area contributed by atoms with Crippen molar-refractivity contribution in [1.82, 2.24) is 9.80 Å². The summed E-state index contributed by atoms with van der Waals surface area (Å²) in [6.07, 6.45) is 0.292. The number of nitrogens with zero attached hydrogens (tertiary/aromatic N) is 3. The van der Waals surface area contributed by atoms with Crippen LogP contribution in [-0.4, -0.2) is 101 Å². The van der Waals surface area contributed by atoms with Crippen molar-refractivity contribution in [2.75, 3.05) is 46.7 Å². The monoisotopic (exact) mass is 570 g/mol. The number of aliphatic hydroxyl groups excluding tert-OH is 2. The van der Waals surface area contributed by atoms with Gasteiger partial charge in [-0.15, -0.1) is 0 Å². The number of nitrogens with two attached hydrogens (primary N) is 1. The first-order valence-electron chi connectivity index (χ1n) is 13.7. The number of hydrogen-bond donors (Lipinski definition) is 5. The maximum Gasteiger partial charge on any atom is 0.255 e. The Morgan fingerprint density at radius 3 is 2.22 bits per heavy atom. The third-order valence-electron chi connectivity index (χ3n) is 8.40. The number of fused-ring (bicyclic) bond motifs is 3. The van der Waals surface area contributed by atoms with Crippen LogP contribution in [0, 0.1) is 17.3 Å². The van der Waals surface area contributed by atoms with E-state index in [9.17, 15) is 34.8 Å². The molecule has 0 heterocycles. The number of aliphatic hydroxyl groups is 3. The molecule has 1 amide bonds. The average Bonchev–Trinajstić information content (AvgIpc) is 2.79. The molecule has 0 aromatic heterocycles. The Hall–Kier alpha value is -3.41. The van der Waals surface area contributed by atoms with Gasteiger partial charge in [-0.3, -0.25) is 19.3 Å². The summed E-state index contributed by atoms with van der Waals surface area (Å²) in [5.41, 5.74) is 4.19. The number of aromatic hydroxyl groups is 1. The van der Waals surface area contributed by atoms with Crippen LogP contribution in [0.25, 0.3) is 5.76 Å². The van der Waals surface area contributed by atoms with E-state index in [0.29, 0.717) is 12.1 Å². The molecular weight excluding hydrogens is 528 g/mol. The number of hydrogen-bond acceptors (Lipinski definition) is 10. The average molecular weight is 571 g/mol. The van der Waals surface area contributed by atoms with Crippen LogP contribution in [0.15, 0.2) is 23.0 Å². The van der Waals surface area contributed by atoms with Crippen LogP contribution in [-0.2, 0) is 27.3 Å². The van der Waals surface area contributed by atoms with Crippen molar-refractivity contribution >= 4 is 28.9 Å². The molecule has 41 heavy (non-hydrogen) atoms. The van der Waals surface area contributed by atoms with E-state index < -0.39 is 58.0 Å². The fraction of sp³-hybridized carbons (Fsp3) is 0.567. The van der Waals surface area contributed by atoms with E-state index >= 15 is 0 Å². The maximum atomic E-state index is 14.0. The van der Waals surface area contributed by atoms with Crippen LogP contribution in [0.5, 0.6) is 5.75 Å². The summed E-state index contributed by atoms with van der Waals surface area (Å²) in [6, 6.07) is 0.464. The number of benzene rings is 1. The van der Waals surface area contributed by atoms with Crippen molar-refractivity contribution in [3.8, 4) is 5.75 Å². The first-order chi connectivity index (χ1) is 18.8. The molecule has 1 saturated carbocycles. The lowest BCUT2D eigenvalue weighted by Gasteiger charge is -2.50. The molecule has 0 spiro atoms. The normalized spacial score (nSPS) is 26.4. The molecule has 0 radical (unpaired) electrons. The number of carbonyl (C=O) groups excluding carboxylic acids is 3. The van der Waals surface area contributed by atoms with Gasteiger partial charge < -0.3 is 36.0 Å². The first kappa shape index (κ1) is 30.5. The number of anilines is 1. The van der Waals surface area contributed by atoms with E-state index in [0.717, 1.165) is 17.8 Å². The predicted molar refractivity (Wildman–Crippen MR) is 154 cm³/mol. The van der Waals surface area contributed by atoms with Gasteiger partial charge in [0, 0.05) is 44.4 Å².